The maximum Gasteiger partial charge on any atom is 1.00 e. The molecular formula is Mo2Na2O. The summed E-state index contributed by atoms with van der Waals surface area (Å²) in [6, 6.07) is 0. The van der Waals surface area contributed by atoms with Crippen LogP contribution in [0.2, 0.25) is 0 Å². The van der Waals surface area contributed by atoms with Crippen LogP contribution < -0.4 is 59.1 Å². The van der Waals surface area contributed by atoms with Crippen molar-refractivity contribution in [1.82, 2.24) is 0 Å². The summed E-state index contributed by atoms with van der Waals surface area (Å²) in [6.07, 6.45) is 0. The monoisotopic (exact) mass is 258 g/mol. The van der Waals surface area contributed by atoms with Gasteiger partial charge in [0.05, 0.1) is 0 Å². The van der Waals surface area contributed by atoms with Crippen molar-refractivity contribution in [3.8, 4) is 0 Å². The molecule has 20 valence electrons. The van der Waals surface area contributed by atoms with E-state index < -0.39 is 0 Å². The summed E-state index contributed by atoms with van der Waals surface area (Å²) in [4.78, 5) is 0. The third-order valence-electron chi connectivity index (χ3n) is 0. The molecule has 0 bridgehead atoms. The van der Waals surface area contributed by atoms with Gasteiger partial charge in [-0.05, 0) is 0 Å². The van der Waals surface area contributed by atoms with Gasteiger partial charge in [0.15, 0.2) is 0 Å². The van der Waals surface area contributed by atoms with E-state index in [1.165, 1.54) is 0 Å². The molecule has 0 aliphatic rings. The summed E-state index contributed by atoms with van der Waals surface area (Å²) in [5, 5.41) is 0. The molecule has 0 atom stereocenters. The topological polar surface area (TPSA) is 28.5 Å². The quantitative estimate of drug-likeness (QED) is 0.385. The second-order valence-electron chi connectivity index (χ2n) is 0. The molecule has 1 nitrogen and oxygen atoms in total. The van der Waals surface area contributed by atoms with Gasteiger partial charge < -0.3 is 5.48 Å². The van der Waals surface area contributed by atoms with Crippen molar-refractivity contribution in [2.24, 2.45) is 0 Å². The van der Waals surface area contributed by atoms with Crippen LogP contribution in [-0.4, -0.2) is 0 Å². The Morgan fingerprint density at radius 3 is 0.600 bits per heavy atom. The minimum Gasteiger partial charge on any atom is -2.00 e. The second-order valence-corrected chi connectivity index (χ2v) is 0. The molecule has 0 aromatic carbocycles. The normalized spacial score (nSPS) is 0. The number of hydrogen-bond donors (Lipinski definition) is 0. The van der Waals surface area contributed by atoms with Crippen LogP contribution >= 0.6 is 0 Å². The smallest absolute Gasteiger partial charge is 1.00 e. The van der Waals surface area contributed by atoms with E-state index in [9.17, 15) is 0 Å². The minimum atomic E-state index is 0. The van der Waals surface area contributed by atoms with Gasteiger partial charge in [0.25, 0.3) is 0 Å². The Morgan fingerprint density at radius 1 is 0.600 bits per heavy atom. The van der Waals surface area contributed by atoms with Crippen molar-refractivity contribution in [3.63, 3.8) is 0 Å². The predicted octanol–water partition coefficient (Wildman–Crippen LogP) is -6.12. The van der Waals surface area contributed by atoms with E-state index in [1.54, 1.807) is 0 Å². The molecule has 0 unspecified atom stereocenters. The zero-order valence-electron chi connectivity index (χ0n) is 3.22. The van der Waals surface area contributed by atoms with Gasteiger partial charge in [0, 0.05) is 42.1 Å². The first-order valence-electron chi connectivity index (χ1n) is 0. The van der Waals surface area contributed by atoms with Gasteiger partial charge in [-0.25, -0.2) is 0 Å². The van der Waals surface area contributed by atoms with Crippen molar-refractivity contribution >= 4 is 0 Å². The Hall–Kier alpha value is 3.34. The standard InChI is InChI=1S/2Mo.2Na.O/q;;2*+1;-2. The van der Waals surface area contributed by atoms with Gasteiger partial charge >= 0.3 is 59.1 Å². The molecule has 0 radical (unpaired) electrons. The maximum atomic E-state index is 0. The molecule has 0 spiro atoms. The van der Waals surface area contributed by atoms with Crippen LogP contribution in [0.3, 0.4) is 0 Å². The Kier molecular flexibility index (Phi) is 213. The molecule has 0 fully saturated rings. The fourth-order valence-corrected chi connectivity index (χ4v) is 0. The van der Waals surface area contributed by atoms with E-state index in [0.717, 1.165) is 0 Å². The summed E-state index contributed by atoms with van der Waals surface area (Å²) in [7, 11) is 0. The van der Waals surface area contributed by atoms with E-state index in [-0.39, 0.29) is 107 Å². The average Bonchev–Trinajstić information content (AvgIpc) is 0. The third-order valence-corrected chi connectivity index (χ3v) is 0. The van der Waals surface area contributed by atoms with Crippen molar-refractivity contribution in [2.45, 2.75) is 0 Å². The molecule has 0 saturated heterocycles. The van der Waals surface area contributed by atoms with Crippen LogP contribution in [0.4, 0.5) is 0 Å². The Bertz CT molecular complexity index is 7.61. The third kappa shape index (κ3) is 18.8. The summed E-state index contributed by atoms with van der Waals surface area (Å²) in [6.45, 7) is 0. The Labute approximate surface area is 104 Å². The van der Waals surface area contributed by atoms with E-state index in [4.69, 9.17) is 0 Å². The van der Waals surface area contributed by atoms with Crippen molar-refractivity contribution < 1.29 is 107 Å². The SMILES string of the molecule is [Mo].[Mo].[Na+].[Na+].[O-2]. The van der Waals surface area contributed by atoms with Gasteiger partial charge in [-0.15, -0.1) is 0 Å². The van der Waals surface area contributed by atoms with Crippen LogP contribution in [-0.2, 0) is 47.6 Å². The Morgan fingerprint density at radius 2 is 0.600 bits per heavy atom. The first-order valence-corrected chi connectivity index (χ1v) is 0. The van der Waals surface area contributed by atoms with Crippen LogP contribution in [0.25, 0.3) is 0 Å². The van der Waals surface area contributed by atoms with Gasteiger partial charge in [-0.3, -0.25) is 0 Å². The molecule has 5 heteroatoms. The summed E-state index contributed by atoms with van der Waals surface area (Å²) in [5.41, 5.74) is 0. The molecule has 0 N–H and O–H groups in total. The molecule has 0 aliphatic carbocycles. The maximum absolute atomic E-state index is 0. The number of rotatable bonds is 0. The van der Waals surface area contributed by atoms with Crippen LogP contribution in [0.1, 0.15) is 0 Å². The molecule has 0 aromatic heterocycles. The van der Waals surface area contributed by atoms with E-state index >= 15 is 0 Å². The Balaban J connectivity index is 0. The van der Waals surface area contributed by atoms with Crippen molar-refractivity contribution in [2.75, 3.05) is 0 Å². The predicted molar refractivity (Wildman–Crippen MR) is 0.686 cm³/mol. The van der Waals surface area contributed by atoms with Crippen molar-refractivity contribution in [3.05, 3.63) is 0 Å². The van der Waals surface area contributed by atoms with Gasteiger partial charge in [0.2, 0.25) is 0 Å². The molecule has 5 heavy (non-hydrogen) atoms. The molecule has 0 heterocycles. The first kappa shape index (κ1) is 40.3. The van der Waals surface area contributed by atoms with Crippen LogP contribution in [0.5, 0.6) is 0 Å². The first-order chi connectivity index (χ1) is 0. The minimum absolute atomic E-state index is 0. The van der Waals surface area contributed by atoms with Gasteiger partial charge in [-0.2, -0.15) is 0 Å². The van der Waals surface area contributed by atoms with Crippen molar-refractivity contribution in [1.29, 1.82) is 0 Å². The molecule has 0 rings (SSSR count). The number of hydrogen-bond acceptors (Lipinski definition) is 0. The fourth-order valence-electron chi connectivity index (χ4n) is 0. The van der Waals surface area contributed by atoms with E-state index in [0.29, 0.717) is 0 Å². The molecular weight excluding hydrogens is 254 g/mol. The van der Waals surface area contributed by atoms with E-state index in [2.05, 4.69) is 0 Å². The summed E-state index contributed by atoms with van der Waals surface area (Å²) < 4.78 is 0. The molecule has 0 aromatic rings. The van der Waals surface area contributed by atoms with Crippen LogP contribution in [0, 0.1) is 0 Å². The zero-order valence-corrected chi connectivity index (χ0v) is 11.2. The van der Waals surface area contributed by atoms with Gasteiger partial charge in [0.1, 0.15) is 0 Å². The fraction of sp³-hybridized carbons (Fsp3) is 0. The molecule has 0 aliphatic heterocycles. The summed E-state index contributed by atoms with van der Waals surface area (Å²) >= 11 is 0. The molecule has 0 saturated carbocycles. The van der Waals surface area contributed by atoms with Crippen LogP contribution in [0.15, 0.2) is 0 Å². The molecule has 0 amide bonds. The summed E-state index contributed by atoms with van der Waals surface area (Å²) in [5.74, 6) is 0. The second kappa shape index (κ2) is 26.5. The van der Waals surface area contributed by atoms with E-state index in [1.807, 2.05) is 0 Å². The largest absolute Gasteiger partial charge is 2.00 e. The average molecular weight is 254 g/mol. The zero-order chi connectivity index (χ0) is 0. The van der Waals surface area contributed by atoms with Gasteiger partial charge in [-0.1, -0.05) is 0 Å².